The number of thiophene rings is 1. The van der Waals surface area contributed by atoms with Crippen LogP contribution in [0.2, 0.25) is 0 Å². The van der Waals surface area contributed by atoms with Gasteiger partial charge in [-0.25, -0.2) is 9.97 Å². The summed E-state index contributed by atoms with van der Waals surface area (Å²) in [5, 5.41) is 5.08. The number of carbonyl (C=O) groups is 2. The largest absolute Gasteiger partial charge is 0.334 e. The van der Waals surface area contributed by atoms with Crippen LogP contribution < -0.4 is 5.32 Å². The van der Waals surface area contributed by atoms with E-state index in [1.54, 1.807) is 23.5 Å². The summed E-state index contributed by atoms with van der Waals surface area (Å²) in [5.41, 5.74) is 7.22. The first-order valence-corrected chi connectivity index (χ1v) is 12.9. The van der Waals surface area contributed by atoms with Crippen LogP contribution in [-0.4, -0.2) is 33.2 Å². The summed E-state index contributed by atoms with van der Waals surface area (Å²) in [6, 6.07) is 13.0. The molecule has 6 nitrogen and oxygen atoms in total. The van der Waals surface area contributed by atoms with E-state index in [1.807, 2.05) is 36.1 Å². The monoisotopic (exact) mass is 484 g/mol. The molecule has 178 valence electrons. The number of hydrogen-bond donors (Lipinski definition) is 1. The zero-order valence-electron chi connectivity index (χ0n) is 20.2. The van der Waals surface area contributed by atoms with Crippen molar-refractivity contribution in [3.8, 4) is 0 Å². The van der Waals surface area contributed by atoms with E-state index in [4.69, 9.17) is 9.97 Å². The predicted octanol–water partition coefficient (Wildman–Crippen LogP) is 5.58. The average molecular weight is 485 g/mol. The maximum absolute atomic E-state index is 13.3. The van der Waals surface area contributed by atoms with E-state index >= 15 is 0 Å². The average Bonchev–Trinajstić information content (AvgIpc) is 3.36. The topological polar surface area (TPSA) is 75.2 Å². The fourth-order valence-electron chi connectivity index (χ4n) is 4.62. The summed E-state index contributed by atoms with van der Waals surface area (Å²) >= 11 is 1.76. The number of amides is 2. The summed E-state index contributed by atoms with van der Waals surface area (Å²) in [4.78, 5) is 39.2. The van der Waals surface area contributed by atoms with Crippen LogP contribution in [0.15, 0.2) is 47.8 Å². The Bertz CT molecular complexity index is 1440. The second-order valence-corrected chi connectivity index (χ2v) is 9.81. The van der Waals surface area contributed by atoms with Crippen molar-refractivity contribution in [2.24, 2.45) is 0 Å². The molecule has 2 aromatic carbocycles. The van der Waals surface area contributed by atoms with E-state index in [9.17, 15) is 9.59 Å². The van der Waals surface area contributed by atoms with E-state index in [0.29, 0.717) is 35.4 Å². The Hall–Kier alpha value is -3.58. The highest BCUT2D eigenvalue weighted by Gasteiger charge is 2.24. The van der Waals surface area contributed by atoms with Crippen LogP contribution in [0.4, 0.5) is 5.69 Å². The third kappa shape index (κ3) is 4.44. The highest BCUT2D eigenvalue weighted by atomic mass is 32.1. The Labute approximate surface area is 209 Å². The van der Waals surface area contributed by atoms with E-state index < -0.39 is 0 Å². The van der Waals surface area contributed by atoms with Gasteiger partial charge in [-0.05, 0) is 79.1 Å². The van der Waals surface area contributed by atoms with Gasteiger partial charge in [0.2, 0.25) is 0 Å². The Morgan fingerprint density at radius 1 is 1.03 bits per heavy atom. The number of aryl methyl sites for hydroxylation is 2. The van der Waals surface area contributed by atoms with Crippen LogP contribution in [-0.2, 0) is 25.8 Å². The van der Waals surface area contributed by atoms with E-state index in [1.165, 1.54) is 10.4 Å². The molecule has 3 heterocycles. The molecule has 0 fully saturated rings. The van der Waals surface area contributed by atoms with Gasteiger partial charge in [0.15, 0.2) is 0 Å². The Morgan fingerprint density at radius 3 is 2.57 bits per heavy atom. The fraction of sp³-hybridized carbons (Fsp3) is 0.286. The molecule has 1 N–H and O–H groups in total. The number of anilines is 1. The number of hydrogen-bond acceptors (Lipinski definition) is 5. The van der Waals surface area contributed by atoms with Gasteiger partial charge in [0.05, 0.1) is 22.4 Å². The lowest BCUT2D eigenvalue weighted by atomic mass is 10.0. The Morgan fingerprint density at radius 2 is 1.80 bits per heavy atom. The first kappa shape index (κ1) is 23.2. The molecule has 0 radical (unpaired) electrons. The minimum absolute atomic E-state index is 0.00440. The predicted molar refractivity (Wildman–Crippen MR) is 140 cm³/mol. The van der Waals surface area contributed by atoms with Gasteiger partial charge in [0.25, 0.3) is 11.8 Å². The molecule has 0 aliphatic carbocycles. The van der Waals surface area contributed by atoms with E-state index in [0.717, 1.165) is 41.7 Å². The zero-order chi connectivity index (χ0) is 24.5. The molecule has 2 aromatic heterocycles. The number of aromatic nitrogens is 2. The lowest BCUT2D eigenvalue weighted by molar-refractivity contribution is 0.0735. The van der Waals surface area contributed by atoms with Gasteiger partial charge in [-0.3, -0.25) is 9.59 Å². The van der Waals surface area contributed by atoms with Gasteiger partial charge < -0.3 is 10.2 Å². The normalized spacial score (nSPS) is 13.1. The minimum atomic E-state index is -0.236. The summed E-state index contributed by atoms with van der Waals surface area (Å²) in [6.07, 6.45) is 2.51. The van der Waals surface area contributed by atoms with Crippen LogP contribution in [0.25, 0.3) is 11.0 Å². The van der Waals surface area contributed by atoms with Crippen LogP contribution >= 0.6 is 11.3 Å². The third-order valence-electron chi connectivity index (χ3n) is 6.66. The molecule has 0 bridgehead atoms. The molecule has 0 atom stereocenters. The number of benzene rings is 2. The first-order chi connectivity index (χ1) is 17.0. The van der Waals surface area contributed by atoms with Gasteiger partial charge in [-0.1, -0.05) is 19.9 Å². The lowest BCUT2D eigenvalue weighted by Gasteiger charge is -2.28. The smallest absolute Gasteiger partial charge is 0.255 e. The molecular weight excluding hydrogens is 456 g/mol. The molecule has 0 saturated carbocycles. The second kappa shape index (κ2) is 9.58. The van der Waals surface area contributed by atoms with Gasteiger partial charge >= 0.3 is 0 Å². The summed E-state index contributed by atoms with van der Waals surface area (Å²) < 4.78 is 0. The molecule has 1 aliphatic heterocycles. The maximum atomic E-state index is 13.3. The molecule has 1 aliphatic rings. The van der Waals surface area contributed by atoms with Gasteiger partial charge in [-0.15, -0.1) is 11.3 Å². The van der Waals surface area contributed by atoms with Crippen LogP contribution in [0.3, 0.4) is 0 Å². The SMILES string of the molecule is CCc1nc2ccc(C(=O)Nc3cccc(C(=O)N4CCc5sccc5C4)c3C)cc2nc1CC. The molecule has 0 unspecified atom stereocenters. The van der Waals surface area contributed by atoms with Crippen molar-refractivity contribution in [1.29, 1.82) is 0 Å². The summed E-state index contributed by atoms with van der Waals surface area (Å²) in [6.45, 7) is 7.36. The molecule has 4 aromatic rings. The van der Waals surface area contributed by atoms with Crippen molar-refractivity contribution >= 4 is 39.9 Å². The third-order valence-corrected chi connectivity index (χ3v) is 7.68. The molecule has 0 spiro atoms. The Balaban J connectivity index is 1.38. The number of rotatable bonds is 5. The molecule has 0 saturated heterocycles. The standard InChI is InChI=1S/C28H28N4O2S/c1-4-21-22(5-2)30-25-15-18(9-10-24(25)29-21)27(33)31-23-8-6-7-20(17(23)3)28(34)32-13-11-26-19(16-32)12-14-35-26/h6-10,12,14-15H,4-5,11,13,16H2,1-3H3,(H,31,33). The molecule has 7 heteroatoms. The quantitative estimate of drug-likeness (QED) is 0.402. The molecular formula is C28H28N4O2S. The fourth-order valence-corrected chi connectivity index (χ4v) is 5.51. The number of nitrogens with zero attached hydrogens (tertiary/aromatic N) is 3. The van der Waals surface area contributed by atoms with E-state index in [-0.39, 0.29) is 11.8 Å². The van der Waals surface area contributed by atoms with Crippen molar-refractivity contribution in [3.63, 3.8) is 0 Å². The Kier molecular flexibility index (Phi) is 6.34. The van der Waals surface area contributed by atoms with Gasteiger partial charge in [0.1, 0.15) is 0 Å². The summed E-state index contributed by atoms with van der Waals surface area (Å²) in [5.74, 6) is -0.241. The maximum Gasteiger partial charge on any atom is 0.255 e. The lowest BCUT2D eigenvalue weighted by Crippen LogP contribution is -2.35. The zero-order valence-corrected chi connectivity index (χ0v) is 21.0. The van der Waals surface area contributed by atoms with Gasteiger partial charge in [-0.2, -0.15) is 0 Å². The van der Waals surface area contributed by atoms with Crippen LogP contribution in [0.1, 0.15) is 62.0 Å². The van der Waals surface area contributed by atoms with Gasteiger partial charge in [0, 0.05) is 34.8 Å². The van der Waals surface area contributed by atoms with E-state index in [2.05, 4.69) is 30.6 Å². The highest BCUT2D eigenvalue weighted by Crippen LogP contribution is 2.27. The van der Waals surface area contributed by atoms with Crippen molar-refractivity contribution in [1.82, 2.24) is 14.9 Å². The van der Waals surface area contributed by atoms with Crippen molar-refractivity contribution < 1.29 is 9.59 Å². The van der Waals surface area contributed by atoms with Crippen molar-refractivity contribution in [2.75, 3.05) is 11.9 Å². The van der Waals surface area contributed by atoms with Crippen LogP contribution in [0, 0.1) is 6.92 Å². The highest BCUT2D eigenvalue weighted by molar-refractivity contribution is 7.10. The molecule has 2 amide bonds. The second-order valence-electron chi connectivity index (χ2n) is 8.81. The molecule has 5 rings (SSSR count). The van der Waals surface area contributed by atoms with Crippen LogP contribution in [0.5, 0.6) is 0 Å². The number of carbonyl (C=O) groups excluding carboxylic acids is 2. The van der Waals surface area contributed by atoms with Crippen molar-refractivity contribution in [2.45, 2.75) is 46.6 Å². The minimum Gasteiger partial charge on any atom is -0.334 e. The number of nitrogens with one attached hydrogen (secondary N) is 1. The molecule has 35 heavy (non-hydrogen) atoms. The van der Waals surface area contributed by atoms with Crippen molar-refractivity contribution in [3.05, 3.63) is 86.4 Å². The summed E-state index contributed by atoms with van der Waals surface area (Å²) in [7, 11) is 0. The number of fused-ring (bicyclic) bond motifs is 2. The first-order valence-electron chi connectivity index (χ1n) is 12.0.